The van der Waals surface area contributed by atoms with Gasteiger partial charge in [-0.05, 0) is 49.7 Å². The summed E-state index contributed by atoms with van der Waals surface area (Å²) in [4.78, 5) is 30.0. The van der Waals surface area contributed by atoms with Gasteiger partial charge in [0.1, 0.15) is 17.1 Å². The minimum absolute atomic E-state index is 0.0723. The van der Waals surface area contributed by atoms with Crippen LogP contribution < -0.4 is 10.6 Å². The Morgan fingerprint density at radius 2 is 1.74 bits per heavy atom. The SMILES string of the molecule is Cn1nccc1C(=O)NC(C)(C)C(=O)Nc1nc(-c2ccc(F)cc2)n(Cc2ccccc2)n1. The molecule has 0 aliphatic heterocycles. The lowest BCUT2D eigenvalue weighted by molar-refractivity contribution is -0.121. The second kappa shape index (κ2) is 9.26. The van der Waals surface area contributed by atoms with Crippen molar-refractivity contribution < 1.29 is 14.0 Å². The second-order valence-electron chi connectivity index (χ2n) is 8.28. The van der Waals surface area contributed by atoms with Crippen molar-refractivity contribution in [1.29, 1.82) is 0 Å². The Bertz CT molecular complexity index is 1310. The molecule has 0 saturated heterocycles. The number of carbonyl (C=O) groups excluding carboxylic acids is 2. The number of anilines is 1. The topological polar surface area (TPSA) is 107 Å². The van der Waals surface area contributed by atoms with Crippen molar-refractivity contribution in [2.45, 2.75) is 25.9 Å². The first-order chi connectivity index (χ1) is 16.2. The van der Waals surface area contributed by atoms with Crippen LogP contribution in [0.15, 0.2) is 66.9 Å². The largest absolute Gasteiger partial charge is 0.337 e. The second-order valence-corrected chi connectivity index (χ2v) is 8.28. The first-order valence-corrected chi connectivity index (χ1v) is 10.6. The summed E-state index contributed by atoms with van der Waals surface area (Å²) in [5, 5.41) is 13.8. The van der Waals surface area contributed by atoms with E-state index in [1.807, 2.05) is 30.3 Å². The van der Waals surface area contributed by atoms with Crippen molar-refractivity contribution in [3.63, 3.8) is 0 Å². The summed E-state index contributed by atoms with van der Waals surface area (Å²) in [6, 6.07) is 17.1. The maximum absolute atomic E-state index is 13.4. The molecule has 0 saturated carbocycles. The summed E-state index contributed by atoms with van der Waals surface area (Å²) >= 11 is 0. The number of halogens is 1. The molecule has 2 aromatic heterocycles. The van der Waals surface area contributed by atoms with Crippen molar-refractivity contribution in [3.8, 4) is 11.4 Å². The fourth-order valence-corrected chi connectivity index (χ4v) is 3.33. The maximum Gasteiger partial charge on any atom is 0.270 e. The highest BCUT2D eigenvalue weighted by Crippen LogP contribution is 2.21. The molecule has 0 spiro atoms. The van der Waals surface area contributed by atoms with E-state index in [1.165, 1.54) is 23.0 Å². The number of nitrogens with zero attached hydrogens (tertiary/aromatic N) is 5. The average Bonchev–Trinajstić information content (AvgIpc) is 3.40. The summed E-state index contributed by atoms with van der Waals surface area (Å²) in [6.45, 7) is 3.56. The van der Waals surface area contributed by atoms with E-state index >= 15 is 0 Å². The maximum atomic E-state index is 13.4. The van der Waals surface area contributed by atoms with Crippen LogP contribution in [0.25, 0.3) is 11.4 Å². The van der Waals surface area contributed by atoms with Crippen LogP contribution in [0.3, 0.4) is 0 Å². The van der Waals surface area contributed by atoms with Crippen LogP contribution in [-0.4, -0.2) is 41.9 Å². The molecule has 9 nitrogen and oxygen atoms in total. The first-order valence-electron chi connectivity index (χ1n) is 10.6. The molecule has 174 valence electrons. The van der Waals surface area contributed by atoms with Gasteiger partial charge in [-0.2, -0.15) is 10.1 Å². The molecule has 2 aromatic carbocycles. The zero-order chi connectivity index (χ0) is 24.3. The van der Waals surface area contributed by atoms with Crippen molar-refractivity contribution in [1.82, 2.24) is 29.9 Å². The van der Waals surface area contributed by atoms with Crippen LogP contribution in [0.2, 0.25) is 0 Å². The van der Waals surface area contributed by atoms with Crippen LogP contribution in [0, 0.1) is 5.82 Å². The third-order valence-electron chi connectivity index (χ3n) is 5.22. The summed E-state index contributed by atoms with van der Waals surface area (Å²) in [5.74, 6) is -0.753. The Labute approximate surface area is 195 Å². The van der Waals surface area contributed by atoms with Crippen LogP contribution in [0.4, 0.5) is 10.3 Å². The Balaban J connectivity index is 1.57. The van der Waals surface area contributed by atoms with Crippen molar-refractivity contribution >= 4 is 17.8 Å². The molecular formula is C24H24FN7O2. The summed E-state index contributed by atoms with van der Waals surface area (Å²) in [6.07, 6.45) is 1.50. The molecular weight excluding hydrogens is 437 g/mol. The first kappa shape index (κ1) is 22.8. The molecule has 34 heavy (non-hydrogen) atoms. The van der Waals surface area contributed by atoms with E-state index in [4.69, 9.17) is 0 Å². The van der Waals surface area contributed by atoms with Gasteiger partial charge in [-0.3, -0.25) is 19.6 Å². The Hall–Kier alpha value is -4.34. The van der Waals surface area contributed by atoms with Gasteiger partial charge in [0.25, 0.3) is 11.8 Å². The molecule has 2 heterocycles. The minimum Gasteiger partial charge on any atom is -0.337 e. The highest BCUT2D eigenvalue weighted by atomic mass is 19.1. The number of amides is 2. The molecule has 0 fully saturated rings. The number of carbonyl (C=O) groups is 2. The quantitative estimate of drug-likeness (QED) is 0.440. The Kier molecular flexibility index (Phi) is 6.22. The number of hydrogen-bond donors (Lipinski definition) is 2. The van der Waals surface area contributed by atoms with E-state index in [9.17, 15) is 14.0 Å². The van der Waals surface area contributed by atoms with Gasteiger partial charge in [-0.1, -0.05) is 30.3 Å². The number of aromatic nitrogens is 5. The van der Waals surface area contributed by atoms with Gasteiger partial charge < -0.3 is 5.32 Å². The standard InChI is InChI=1S/C24H24FN7O2/c1-24(2,29-21(33)19-13-14-26-31(19)3)22(34)28-23-27-20(17-9-11-18(25)12-10-17)32(30-23)15-16-7-5-4-6-8-16/h4-14H,15H2,1-3H3,(H,29,33)(H,28,30,34). The van der Waals surface area contributed by atoms with Gasteiger partial charge in [0.05, 0.1) is 6.54 Å². The highest BCUT2D eigenvalue weighted by molar-refractivity contribution is 6.02. The minimum atomic E-state index is -1.26. The van der Waals surface area contributed by atoms with Crippen LogP contribution in [0.5, 0.6) is 0 Å². The third kappa shape index (κ3) is 5.01. The monoisotopic (exact) mass is 461 g/mol. The zero-order valence-corrected chi connectivity index (χ0v) is 19.0. The summed E-state index contributed by atoms with van der Waals surface area (Å²) < 4.78 is 16.5. The number of hydrogen-bond acceptors (Lipinski definition) is 5. The van der Waals surface area contributed by atoms with Gasteiger partial charge in [0.2, 0.25) is 5.95 Å². The van der Waals surface area contributed by atoms with E-state index in [0.29, 0.717) is 23.6 Å². The molecule has 0 radical (unpaired) electrons. The van der Waals surface area contributed by atoms with E-state index in [0.717, 1.165) is 5.56 Å². The van der Waals surface area contributed by atoms with Crippen molar-refractivity contribution in [3.05, 3.63) is 83.9 Å². The van der Waals surface area contributed by atoms with Gasteiger partial charge in [-0.25, -0.2) is 9.07 Å². The van der Waals surface area contributed by atoms with E-state index < -0.39 is 17.4 Å². The normalized spacial score (nSPS) is 11.3. The predicted octanol–water partition coefficient (Wildman–Crippen LogP) is 3.01. The predicted molar refractivity (Wildman–Crippen MR) is 124 cm³/mol. The third-order valence-corrected chi connectivity index (χ3v) is 5.22. The van der Waals surface area contributed by atoms with E-state index in [1.54, 1.807) is 43.8 Å². The molecule has 4 rings (SSSR count). The zero-order valence-electron chi connectivity index (χ0n) is 19.0. The van der Waals surface area contributed by atoms with Gasteiger partial charge >= 0.3 is 0 Å². The number of aryl methyl sites for hydroxylation is 1. The molecule has 0 atom stereocenters. The number of rotatable bonds is 7. The van der Waals surface area contributed by atoms with Gasteiger partial charge in [0, 0.05) is 18.8 Å². The molecule has 0 aliphatic rings. The smallest absolute Gasteiger partial charge is 0.270 e. The molecule has 0 aliphatic carbocycles. The van der Waals surface area contributed by atoms with Gasteiger partial charge in [-0.15, -0.1) is 5.10 Å². The molecule has 2 amide bonds. The van der Waals surface area contributed by atoms with Crippen LogP contribution in [-0.2, 0) is 18.4 Å². The average molecular weight is 462 g/mol. The number of nitrogens with one attached hydrogen (secondary N) is 2. The van der Waals surface area contributed by atoms with Crippen molar-refractivity contribution in [2.24, 2.45) is 7.05 Å². The molecule has 4 aromatic rings. The molecule has 0 bridgehead atoms. The molecule has 10 heteroatoms. The van der Waals surface area contributed by atoms with E-state index in [2.05, 4.69) is 25.8 Å². The molecule has 0 unspecified atom stereocenters. The van der Waals surface area contributed by atoms with Crippen LogP contribution >= 0.6 is 0 Å². The lowest BCUT2D eigenvalue weighted by Gasteiger charge is -2.24. The fraction of sp³-hybridized carbons (Fsp3) is 0.208. The lowest BCUT2D eigenvalue weighted by atomic mass is 10.0. The van der Waals surface area contributed by atoms with E-state index in [-0.39, 0.29) is 11.8 Å². The van der Waals surface area contributed by atoms with Crippen molar-refractivity contribution in [2.75, 3.05) is 5.32 Å². The molecule has 2 N–H and O–H groups in total. The van der Waals surface area contributed by atoms with Gasteiger partial charge in [0.15, 0.2) is 5.82 Å². The highest BCUT2D eigenvalue weighted by Gasteiger charge is 2.31. The van der Waals surface area contributed by atoms with Crippen LogP contribution in [0.1, 0.15) is 29.9 Å². The lowest BCUT2D eigenvalue weighted by Crippen LogP contribution is -2.52. The fourth-order valence-electron chi connectivity index (χ4n) is 3.33. The summed E-state index contributed by atoms with van der Waals surface area (Å²) in [5.41, 5.74) is 0.693. The number of benzene rings is 2. The summed E-state index contributed by atoms with van der Waals surface area (Å²) in [7, 11) is 1.64. The Morgan fingerprint density at radius 3 is 2.38 bits per heavy atom. The Morgan fingerprint density at radius 1 is 1.03 bits per heavy atom.